The molecule has 0 atom stereocenters. The fraction of sp³-hybridized carbons (Fsp3) is 0.333. The highest BCUT2D eigenvalue weighted by Gasteiger charge is 2.26. The van der Waals surface area contributed by atoms with E-state index < -0.39 is 23.1 Å². The number of carbonyl (C=O) groups is 1. The Morgan fingerprint density at radius 2 is 1.72 bits per heavy atom. The summed E-state index contributed by atoms with van der Waals surface area (Å²) in [6, 6.07) is 7.85. The Kier molecular flexibility index (Phi) is 6.79. The van der Waals surface area contributed by atoms with Crippen molar-refractivity contribution >= 4 is 34.4 Å². The topological polar surface area (TPSA) is 91.7 Å². The highest BCUT2D eigenvalue weighted by Crippen LogP contribution is 2.26. The number of likely N-dealkylation sites (N-methyl/N-ethyl adjacent to an activating group) is 1. The lowest BCUT2D eigenvalue weighted by atomic mass is 10.1. The fourth-order valence-electron chi connectivity index (χ4n) is 4.85. The molecule has 0 bridgehead atoms. The monoisotopic (exact) mass is 534 g/mol. The Labute approximate surface area is 223 Å². The lowest BCUT2D eigenvalue weighted by molar-refractivity contribution is 0.0296. The van der Waals surface area contributed by atoms with Crippen LogP contribution in [0.4, 0.5) is 26.2 Å². The maximum absolute atomic E-state index is 15.1. The summed E-state index contributed by atoms with van der Waals surface area (Å²) in [5.74, 6) is -1.33. The Hall–Kier alpha value is -4.16. The normalized spacial score (nSPS) is 16.6. The Bertz CT molecular complexity index is 1490. The van der Waals surface area contributed by atoms with Crippen LogP contribution < -0.4 is 10.2 Å². The number of nitrogens with one attached hydrogen (secondary N) is 1. The summed E-state index contributed by atoms with van der Waals surface area (Å²) < 4.78 is 37.0. The Balaban J connectivity index is 1.26. The fourth-order valence-corrected chi connectivity index (χ4v) is 4.85. The molecular formula is C27H28F2N8O2. The van der Waals surface area contributed by atoms with E-state index in [0.717, 1.165) is 49.8 Å². The molecule has 1 N–H and O–H groups in total. The Morgan fingerprint density at radius 3 is 2.46 bits per heavy atom. The number of amides is 1. The summed E-state index contributed by atoms with van der Waals surface area (Å²) in [5.41, 5.74) is 0.888. The molecule has 12 heteroatoms. The quantitative estimate of drug-likeness (QED) is 0.418. The number of ether oxygens (including phenoxy) is 1. The van der Waals surface area contributed by atoms with Crippen LogP contribution in [0.25, 0.3) is 16.7 Å². The first-order valence-corrected chi connectivity index (χ1v) is 12.8. The molecule has 0 unspecified atom stereocenters. The minimum atomic E-state index is -0.927. The van der Waals surface area contributed by atoms with Crippen molar-refractivity contribution in [3.8, 4) is 5.69 Å². The minimum Gasteiger partial charge on any atom is -0.378 e. The zero-order valence-electron chi connectivity index (χ0n) is 21.5. The van der Waals surface area contributed by atoms with Gasteiger partial charge >= 0.3 is 0 Å². The van der Waals surface area contributed by atoms with Gasteiger partial charge in [-0.25, -0.2) is 18.7 Å². The third-order valence-corrected chi connectivity index (χ3v) is 7.07. The van der Waals surface area contributed by atoms with E-state index >= 15 is 8.78 Å². The van der Waals surface area contributed by atoms with Gasteiger partial charge in [0.05, 0.1) is 18.9 Å². The molecule has 2 fully saturated rings. The highest BCUT2D eigenvalue weighted by atomic mass is 19.1. The molecule has 1 aromatic carbocycles. The third kappa shape index (κ3) is 5.12. The molecule has 4 aromatic rings. The Morgan fingerprint density at radius 1 is 0.974 bits per heavy atom. The van der Waals surface area contributed by atoms with Crippen LogP contribution in [0.5, 0.6) is 0 Å². The zero-order valence-corrected chi connectivity index (χ0v) is 21.5. The first kappa shape index (κ1) is 25.1. The number of hydrogen-bond acceptors (Lipinski definition) is 8. The second-order valence-corrected chi connectivity index (χ2v) is 9.67. The van der Waals surface area contributed by atoms with Crippen molar-refractivity contribution in [3.63, 3.8) is 0 Å². The van der Waals surface area contributed by atoms with Gasteiger partial charge in [-0.05, 0) is 31.3 Å². The molecule has 0 radical (unpaired) electrons. The van der Waals surface area contributed by atoms with Crippen molar-refractivity contribution in [1.82, 2.24) is 29.3 Å². The number of aromatic nitrogens is 4. The molecule has 2 aliphatic rings. The summed E-state index contributed by atoms with van der Waals surface area (Å²) in [7, 11) is 2.11. The van der Waals surface area contributed by atoms with E-state index in [1.54, 1.807) is 29.2 Å². The summed E-state index contributed by atoms with van der Waals surface area (Å²) >= 11 is 0. The molecule has 202 valence electrons. The van der Waals surface area contributed by atoms with E-state index in [0.29, 0.717) is 43.3 Å². The van der Waals surface area contributed by atoms with Gasteiger partial charge in [0.1, 0.15) is 28.7 Å². The predicted molar refractivity (Wildman–Crippen MR) is 143 cm³/mol. The van der Waals surface area contributed by atoms with Crippen LogP contribution >= 0.6 is 0 Å². The third-order valence-electron chi connectivity index (χ3n) is 7.07. The molecule has 5 heterocycles. The SMILES string of the molecule is CN1CCN(c2cc(Nc3ncc4ccn(-c5cc(F)c(C(=O)N6CCOCC6)c(F)c5)c4n3)ccn2)CC1. The van der Waals surface area contributed by atoms with Crippen LogP contribution in [-0.2, 0) is 4.74 Å². The van der Waals surface area contributed by atoms with Crippen molar-refractivity contribution in [2.75, 3.05) is 69.7 Å². The second kappa shape index (κ2) is 10.5. The number of nitrogens with zero attached hydrogens (tertiary/aromatic N) is 7. The van der Waals surface area contributed by atoms with E-state index in [1.807, 2.05) is 12.1 Å². The maximum atomic E-state index is 15.1. The van der Waals surface area contributed by atoms with Gasteiger partial charge in [0, 0.05) is 75.0 Å². The van der Waals surface area contributed by atoms with Crippen LogP contribution in [0.1, 0.15) is 10.4 Å². The van der Waals surface area contributed by atoms with E-state index in [-0.39, 0.29) is 5.69 Å². The number of benzene rings is 1. The van der Waals surface area contributed by atoms with E-state index in [1.165, 1.54) is 4.90 Å². The van der Waals surface area contributed by atoms with Crippen LogP contribution in [0.3, 0.4) is 0 Å². The number of pyridine rings is 1. The number of anilines is 3. The number of rotatable bonds is 5. The first-order valence-electron chi connectivity index (χ1n) is 12.8. The summed E-state index contributed by atoms with van der Waals surface area (Å²) in [6.45, 7) is 5.01. The standard InChI is InChI=1S/C27H28F2N8O2/c1-34-6-8-35(9-7-34)23-14-19(2-4-30-23)32-27-31-17-18-3-5-37(25(18)33-27)20-15-21(28)24(22(29)16-20)26(38)36-10-12-39-13-11-36/h2-5,14-17H,6-13H2,1H3,(H,30,31,32,33). The van der Waals surface area contributed by atoms with Gasteiger partial charge in [-0.15, -0.1) is 0 Å². The van der Waals surface area contributed by atoms with Crippen molar-refractivity contribution < 1.29 is 18.3 Å². The number of morpholine rings is 1. The highest BCUT2D eigenvalue weighted by molar-refractivity contribution is 5.95. The zero-order chi connectivity index (χ0) is 26.9. The number of piperazine rings is 1. The molecule has 10 nitrogen and oxygen atoms in total. The van der Waals surface area contributed by atoms with Gasteiger partial charge in [-0.2, -0.15) is 4.98 Å². The van der Waals surface area contributed by atoms with Crippen LogP contribution in [0.15, 0.2) is 48.9 Å². The number of halogens is 2. The molecule has 39 heavy (non-hydrogen) atoms. The molecule has 3 aromatic heterocycles. The van der Waals surface area contributed by atoms with Gasteiger partial charge in [0.2, 0.25) is 5.95 Å². The predicted octanol–water partition coefficient (Wildman–Crippen LogP) is 3.06. The average Bonchev–Trinajstić information content (AvgIpc) is 3.37. The lowest BCUT2D eigenvalue weighted by Gasteiger charge is -2.33. The van der Waals surface area contributed by atoms with Gasteiger partial charge in [0.25, 0.3) is 5.91 Å². The average molecular weight is 535 g/mol. The molecule has 2 saturated heterocycles. The van der Waals surface area contributed by atoms with Gasteiger partial charge in [-0.3, -0.25) is 4.79 Å². The number of carbonyl (C=O) groups excluding carboxylic acids is 1. The van der Waals surface area contributed by atoms with Crippen molar-refractivity contribution in [2.45, 2.75) is 0 Å². The van der Waals surface area contributed by atoms with E-state index in [9.17, 15) is 4.79 Å². The molecule has 0 saturated carbocycles. The molecule has 0 spiro atoms. The molecule has 0 aliphatic carbocycles. The van der Waals surface area contributed by atoms with Gasteiger partial charge in [-0.1, -0.05) is 0 Å². The summed E-state index contributed by atoms with van der Waals surface area (Å²) in [6.07, 6.45) is 5.05. The summed E-state index contributed by atoms with van der Waals surface area (Å²) in [5, 5.41) is 3.91. The smallest absolute Gasteiger partial charge is 0.259 e. The number of hydrogen-bond donors (Lipinski definition) is 1. The molecule has 1 amide bonds. The van der Waals surface area contributed by atoms with Gasteiger partial charge in [0.15, 0.2) is 0 Å². The van der Waals surface area contributed by atoms with Crippen molar-refractivity contribution in [1.29, 1.82) is 0 Å². The molecule has 2 aliphatic heterocycles. The van der Waals surface area contributed by atoms with Crippen LogP contribution in [0.2, 0.25) is 0 Å². The molecule has 6 rings (SSSR count). The second-order valence-electron chi connectivity index (χ2n) is 9.67. The first-order chi connectivity index (χ1) is 19.0. The van der Waals surface area contributed by atoms with Crippen molar-refractivity contribution in [2.24, 2.45) is 0 Å². The lowest BCUT2D eigenvalue weighted by Crippen LogP contribution is -2.44. The largest absolute Gasteiger partial charge is 0.378 e. The van der Waals surface area contributed by atoms with Crippen LogP contribution in [-0.4, -0.2) is 94.8 Å². The maximum Gasteiger partial charge on any atom is 0.259 e. The van der Waals surface area contributed by atoms with Gasteiger partial charge < -0.3 is 29.3 Å². The summed E-state index contributed by atoms with van der Waals surface area (Å²) in [4.78, 5) is 32.2. The number of fused-ring (bicyclic) bond motifs is 1. The minimum absolute atomic E-state index is 0.212. The molecular weight excluding hydrogens is 506 g/mol. The van der Waals surface area contributed by atoms with E-state index in [4.69, 9.17) is 4.74 Å². The van der Waals surface area contributed by atoms with Crippen molar-refractivity contribution in [3.05, 3.63) is 66.1 Å². The van der Waals surface area contributed by atoms with E-state index in [2.05, 4.69) is 37.1 Å². The van der Waals surface area contributed by atoms with Crippen LogP contribution in [0, 0.1) is 11.6 Å².